The van der Waals surface area contributed by atoms with Crippen molar-refractivity contribution in [2.75, 3.05) is 0 Å². The molecule has 0 heterocycles. The fourth-order valence-corrected chi connectivity index (χ4v) is 0. The van der Waals surface area contributed by atoms with E-state index < -0.39 is 26.6 Å². The van der Waals surface area contributed by atoms with Crippen LogP contribution in [0.4, 0.5) is 0 Å². The van der Waals surface area contributed by atoms with Crippen LogP contribution < -0.4 is 0 Å². The van der Waals surface area contributed by atoms with Crippen molar-refractivity contribution in [3.05, 3.63) is 0 Å². The zero-order valence-electron chi connectivity index (χ0n) is 9.97. The molecule has 0 unspecified atom stereocenters. The highest BCUT2D eigenvalue weighted by atomic mass is 16.4. The lowest BCUT2D eigenvalue weighted by atomic mass is 9.76. The van der Waals surface area contributed by atoms with Crippen molar-refractivity contribution >= 4 is 7.12 Å². The highest BCUT2D eigenvalue weighted by Gasteiger charge is 2.10. The quantitative estimate of drug-likeness (QED) is 0.445. The molecular formula is C3H9BO2. The molecule has 0 aromatic rings. The molecule has 0 bridgehead atoms. The van der Waals surface area contributed by atoms with Crippen molar-refractivity contribution in [2.24, 2.45) is 0 Å². The first-order valence-corrected chi connectivity index (χ1v) is 1.31. The lowest BCUT2D eigenvalue weighted by Gasteiger charge is -1.96. The van der Waals surface area contributed by atoms with Gasteiger partial charge < -0.3 is 10.0 Å². The Morgan fingerprint density at radius 3 is 2.33 bits per heavy atom. The van der Waals surface area contributed by atoms with Gasteiger partial charge in [-0.2, -0.15) is 0 Å². The minimum absolute atomic E-state index is 2.74. The zero-order chi connectivity index (χ0) is 11.1. The molecule has 0 atom stereocenters. The van der Waals surface area contributed by atoms with Crippen LogP contribution in [0.15, 0.2) is 0 Å². The Kier molecular flexibility index (Phi) is 0.381. The molecule has 2 nitrogen and oxygen atoms in total. The van der Waals surface area contributed by atoms with E-state index in [4.69, 9.17) is 19.6 Å². The molecule has 0 saturated carbocycles. The smallest absolute Gasteiger partial charge is 0.427 e. The molecule has 0 aliphatic carbocycles. The van der Waals surface area contributed by atoms with Gasteiger partial charge in [0.05, 0.1) is 0 Å². The van der Waals surface area contributed by atoms with Gasteiger partial charge in [-0.25, -0.2) is 0 Å². The highest BCUT2D eigenvalue weighted by molar-refractivity contribution is 6.42. The summed E-state index contributed by atoms with van der Waals surface area (Å²) in [5.74, 6) is -3.26. The Hall–Kier alpha value is -0.0151. The first kappa shape index (κ1) is 1.04. The van der Waals surface area contributed by atoms with Crippen LogP contribution in [0.2, 0.25) is 5.79 Å². The van der Waals surface area contributed by atoms with Gasteiger partial charge in [0, 0.05) is 9.60 Å². The second-order valence-electron chi connectivity index (χ2n) is 0.787. The van der Waals surface area contributed by atoms with E-state index in [0.29, 0.717) is 0 Å². The average Bonchev–Trinajstić information content (AvgIpc) is 1.80. The van der Waals surface area contributed by atoms with Crippen LogP contribution in [-0.4, -0.2) is 17.2 Å². The first-order valence-electron chi connectivity index (χ1n) is 4.81. The summed E-state index contributed by atoms with van der Waals surface area (Å²) in [4.78, 5) is 0. The van der Waals surface area contributed by atoms with Crippen LogP contribution in [0.3, 0.4) is 0 Å². The Bertz CT molecular complexity index is 169. The minimum Gasteiger partial charge on any atom is -0.427 e. The van der Waals surface area contributed by atoms with Gasteiger partial charge in [0.2, 0.25) is 0 Å². The summed E-state index contributed by atoms with van der Waals surface area (Å²) < 4.78 is 47.5. The number of rotatable bonds is 1. The molecule has 0 aromatic carbocycles. The van der Waals surface area contributed by atoms with Gasteiger partial charge in [0.15, 0.2) is 0 Å². The molecule has 0 saturated heterocycles. The van der Waals surface area contributed by atoms with Gasteiger partial charge in [-0.1, -0.05) is 13.7 Å². The molecule has 0 spiro atoms. The monoisotopic (exact) mass is 95.1 g/mol. The topological polar surface area (TPSA) is 40.5 Å². The van der Waals surface area contributed by atoms with Gasteiger partial charge in [0.25, 0.3) is 0 Å². The molecule has 0 fully saturated rings. The maximum atomic E-state index is 8.59. The highest BCUT2D eigenvalue weighted by Crippen LogP contribution is 1.98. The standard InChI is InChI=1S/C3H9BO2/c1-3(2)4(5)6/h3,5-6H,1-2H3/i1D3,2D3,3D. The summed E-state index contributed by atoms with van der Waals surface area (Å²) in [6, 6.07) is 0. The SMILES string of the molecule is [2H]C([2H])([2H])C([2H])(B(O)O)C([2H])([2H])[2H]. The van der Waals surface area contributed by atoms with Crippen LogP contribution in [-0.2, 0) is 0 Å². The first-order chi connectivity index (χ1) is 5.44. The molecular weight excluding hydrogens is 78.8 g/mol. The van der Waals surface area contributed by atoms with Gasteiger partial charge in [-0.3, -0.25) is 0 Å². The van der Waals surface area contributed by atoms with E-state index in [1.54, 1.807) is 0 Å². The van der Waals surface area contributed by atoms with Crippen LogP contribution in [0.5, 0.6) is 0 Å². The summed E-state index contributed by atoms with van der Waals surface area (Å²) in [5, 5.41) is 17.2. The van der Waals surface area contributed by atoms with Crippen LogP contribution >= 0.6 is 0 Å². The van der Waals surface area contributed by atoms with E-state index in [-0.39, 0.29) is 0 Å². The number of hydrogen-bond donors (Lipinski definition) is 2. The van der Waals surface area contributed by atoms with Crippen LogP contribution in [0, 0.1) is 0 Å². The lowest BCUT2D eigenvalue weighted by Crippen LogP contribution is -2.14. The molecule has 0 aliphatic rings. The van der Waals surface area contributed by atoms with Crippen molar-refractivity contribution in [3.8, 4) is 0 Å². The Balaban J connectivity index is 5.22. The van der Waals surface area contributed by atoms with E-state index in [9.17, 15) is 0 Å². The van der Waals surface area contributed by atoms with Crippen molar-refractivity contribution in [1.29, 1.82) is 0 Å². The third kappa shape index (κ3) is 2.24. The van der Waals surface area contributed by atoms with Gasteiger partial charge in [-0.05, 0) is 5.79 Å². The lowest BCUT2D eigenvalue weighted by molar-refractivity contribution is 0.392. The molecule has 36 valence electrons. The van der Waals surface area contributed by atoms with E-state index in [2.05, 4.69) is 0 Å². The predicted molar refractivity (Wildman–Crippen MR) is 25.3 cm³/mol. The second-order valence-corrected chi connectivity index (χ2v) is 0.787. The van der Waals surface area contributed by atoms with Crippen LogP contribution in [0.1, 0.15) is 23.3 Å². The van der Waals surface area contributed by atoms with Crippen LogP contribution in [0.25, 0.3) is 0 Å². The molecule has 0 aromatic heterocycles. The largest absolute Gasteiger partial charge is 0.454 e. The molecule has 0 aliphatic heterocycles. The predicted octanol–water partition coefficient (Wildman–Crippen LogP) is -0.131. The minimum atomic E-state index is -3.29. The van der Waals surface area contributed by atoms with E-state index >= 15 is 0 Å². The summed E-state index contributed by atoms with van der Waals surface area (Å²) in [7, 11) is -2.74. The van der Waals surface area contributed by atoms with Gasteiger partial charge in [0.1, 0.15) is 0 Å². The van der Waals surface area contributed by atoms with E-state index in [1.807, 2.05) is 0 Å². The summed E-state index contributed by atoms with van der Waals surface area (Å²) in [6.07, 6.45) is 0. The summed E-state index contributed by atoms with van der Waals surface area (Å²) in [5.41, 5.74) is 0. The second kappa shape index (κ2) is 2.21. The van der Waals surface area contributed by atoms with Gasteiger partial charge >= 0.3 is 7.12 Å². The van der Waals surface area contributed by atoms with Crippen molar-refractivity contribution in [2.45, 2.75) is 19.5 Å². The third-order valence-electron chi connectivity index (χ3n) is 0.258. The zero-order valence-corrected chi connectivity index (χ0v) is 2.97. The van der Waals surface area contributed by atoms with Crippen molar-refractivity contribution in [1.82, 2.24) is 0 Å². The molecule has 3 heteroatoms. The fourth-order valence-electron chi connectivity index (χ4n) is 0. The molecule has 2 N–H and O–H groups in total. The van der Waals surface area contributed by atoms with Crippen molar-refractivity contribution in [3.63, 3.8) is 0 Å². The molecule has 0 amide bonds. The maximum absolute atomic E-state index is 8.59. The summed E-state index contributed by atoms with van der Waals surface area (Å²) >= 11 is 0. The van der Waals surface area contributed by atoms with Gasteiger partial charge in [-0.15, -0.1) is 0 Å². The Morgan fingerprint density at radius 1 is 1.83 bits per heavy atom. The average molecular weight is 95.0 g/mol. The molecule has 0 radical (unpaired) electrons. The molecule has 0 rings (SSSR count). The number of hydrogen-bond acceptors (Lipinski definition) is 2. The Labute approximate surface area is 47.8 Å². The van der Waals surface area contributed by atoms with E-state index in [1.165, 1.54) is 0 Å². The molecule has 6 heavy (non-hydrogen) atoms. The Morgan fingerprint density at radius 2 is 2.33 bits per heavy atom. The fraction of sp³-hybridized carbons (Fsp3) is 1.00. The van der Waals surface area contributed by atoms with E-state index in [0.717, 1.165) is 0 Å². The third-order valence-corrected chi connectivity index (χ3v) is 0.258. The maximum Gasteiger partial charge on any atom is 0.454 e. The van der Waals surface area contributed by atoms with Crippen molar-refractivity contribution < 1.29 is 19.6 Å². The normalized spacial score (nSPS) is 32.7. The summed E-state index contributed by atoms with van der Waals surface area (Å²) in [6.45, 7) is -6.57.